The molecule has 0 spiro atoms. The van der Waals surface area contributed by atoms with Gasteiger partial charge in [-0.3, -0.25) is 4.79 Å². The molecule has 2 rings (SSSR count). The van der Waals surface area contributed by atoms with E-state index in [9.17, 15) is 13.6 Å². The lowest BCUT2D eigenvalue weighted by atomic mass is 10.1. The van der Waals surface area contributed by atoms with E-state index in [-0.39, 0.29) is 17.9 Å². The molecule has 4 heteroatoms. The molecule has 1 heterocycles. The molecule has 0 saturated carbocycles. The second-order valence-electron chi connectivity index (χ2n) is 4.10. The van der Waals surface area contributed by atoms with Gasteiger partial charge in [0.2, 0.25) is 12.3 Å². The minimum absolute atomic E-state index is 0.103. The molecular weight excluding hydrogens is 236 g/mol. The van der Waals surface area contributed by atoms with Crippen molar-refractivity contribution in [1.29, 1.82) is 0 Å². The third-order valence-electron chi connectivity index (χ3n) is 2.63. The molecule has 0 aliphatic carbocycles. The van der Waals surface area contributed by atoms with Gasteiger partial charge in [0, 0.05) is 17.7 Å². The molecule has 0 aliphatic rings. The van der Waals surface area contributed by atoms with Gasteiger partial charge in [0.05, 0.1) is 0 Å². The van der Waals surface area contributed by atoms with Crippen molar-refractivity contribution in [3.05, 3.63) is 65.5 Å². The highest BCUT2D eigenvalue weighted by Gasteiger charge is 2.14. The molecule has 0 N–H and O–H groups in total. The van der Waals surface area contributed by atoms with Gasteiger partial charge in [0.15, 0.2) is 24.0 Å². The Kier molecular flexibility index (Phi) is 3.46. The molecule has 0 saturated heterocycles. The first kappa shape index (κ1) is 12.4. The third-order valence-corrected chi connectivity index (χ3v) is 2.63. The lowest BCUT2D eigenvalue weighted by Crippen LogP contribution is -2.37. The van der Waals surface area contributed by atoms with Gasteiger partial charge in [-0.25, -0.2) is 8.78 Å². The molecule has 92 valence electrons. The van der Waals surface area contributed by atoms with Crippen LogP contribution in [0.15, 0.2) is 42.7 Å². The predicted octanol–water partition coefficient (Wildman–Crippen LogP) is 2.44. The molecular formula is C14H12F2NO+. The lowest BCUT2D eigenvalue weighted by Gasteiger charge is -1.99. The molecule has 2 aromatic rings. The van der Waals surface area contributed by atoms with Crippen LogP contribution >= 0.6 is 0 Å². The van der Waals surface area contributed by atoms with Crippen molar-refractivity contribution in [1.82, 2.24) is 0 Å². The number of ketones is 1. The van der Waals surface area contributed by atoms with Gasteiger partial charge in [-0.1, -0.05) is 0 Å². The summed E-state index contributed by atoms with van der Waals surface area (Å²) in [5.74, 6) is -2.22. The van der Waals surface area contributed by atoms with Crippen LogP contribution in [0.3, 0.4) is 0 Å². The number of aromatic nitrogens is 1. The van der Waals surface area contributed by atoms with Crippen molar-refractivity contribution in [2.45, 2.75) is 13.5 Å². The summed E-state index contributed by atoms with van der Waals surface area (Å²) in [6, 6.07) is 6.92. The van der Waals surface area contributed by atoms with Crippen LogP contribution < -0.4 is 4.57 Å². The summed E-state index contributed by atoms with van der Waals surface area (Å²) >= 11 is 0. The molecule has 0 unspecified atom stereocenters. The summed E-state index contributed by atoms with van der Waals surface area (Å²) in [5.41, 5.74) is 1.26. The van der Waals surface area contributed by atoms with Crippen LogP contribution in [0, 0.1) is 18.6 Å². The number of benzene rings is 1. The van der Waals surface area contributed by atoms with E-state index in [4.69, 9.17) is 0 Å². The molecule has 0 radical (unpaired) electrons. The summed E-state index contributed by atoms with van der Waals surface area (Å²) in [6.07, 6.45) is 3.54. The smallest absolute Gasteiger partial charge is 0.227 e. The molecule has 0 atom stereocenters. The van der Waals surface area contributed by atoms with Crippen molar-refractivity contribution >= 4 is 5.78 Å². The fraction of sp³-hybridized carbons (Fsp3) is 0.143. The summed E-state index contributed by atoms with van der Waals surface area (Å²) in [5, 5.41) is 0. The van der Waals surface area contributed by atoms with Crippen LogP contribution in [0.4, 0.5) is 8.78 Å². The van der Waals surface area contributed by atoms with Crippen molar-refractivity contribution < 1.29 is 18.1 Å². The normalized spacial score (nSPS) is 10.4. The zero-order valence-corrected chi connectivity index (χ0v) is 9.86. The fourth-order valence-corrected chi connectivity index (χ4v) is 1.56. The third kappa shape index (κ3) is 2.77. The average Bonchev–Trinajstić information content (AvgIpc) is 2.35. The second kappa shape index (κ2) is 5.04. The Bertz CT molecular complexity index is 579. The summed E-state index contributed by atoms with van der Waals surface area (Å²) in [6.45, 7) is 2.05. The van der Waals surface area contributed by atoms with Crippen LogP contribution in [0.1, 0.15) is 15.9 Å². The molecule has 2 nitrogen and oxygen atoms in total. The van der Waals surface area contributed by atoms with E-state index in [2.05, 4.69) is 0 Å². The van der Waals surface area contributed by atoms with Crippen LogP contribution in [0.25, 0.3) is 0 Å². The van der Waals surface area contributed by atoms with Gasteiger partial charge >= 0.3 is 0 Å². The Morgan fingerprint density at radius 2 is 1.78 bits per heavy atom. The summed E-state index contributed by atoms with van der Waals surface area (Å²) in [4.78, 5) is 11.9. The Labute approximate surface area is 104 Å². The van der Waals surface area contributed by atoms with Gasteiger partial charge < -0.3 is 0 Å². The number of hydrogen-bond donors (Lipinski definition) is 0. The summed E-state index contributed by atoms with van der Waals surface area (Å²) < 4.78 is 27.4. The van der Waals surface area contributed by atoms with Gasteiger partial charge in [0.25, 0.3) is 0 Å². The number of aryl methyl sites for hydroxylation is 1. The van der Waals surface area contributed by atoms with Crippen molar-refractivity contribution in [3.63, 3.8) is 0 Å². The van der Waals surface area contributed by atoms with Crippen LogP contribution in [0.2, 0.25) is 0 Å². The minimum atomic E-state index is -1.00. The SMILES string of the molecule is Cc1cc[n+](CC(=O)c2ccc(F)c(F)c2)cc1. The second-order valence-corrected chi connectivity index (χ2v) is 4.10. The number of Topliss-reactive ketones (excluding diaryl/α,β-unsaturated/α-hetero) is 1. The molecule has 0 fully saturated rings. The van der Waals surface area contributed by atoms with E-state index >= 15 is 0 Å². The molecule has 18 heavy (non-hydrogen) atoms. The van der Waals surface area contributed by atoms with Crippen LogP contribution in [0.5, 0.6) is 0 Å². The van der Waals surface area contributed by atoms with E-state index < -0.39 is 11.6 Å². The first-order valence-corrected chi connectivity index (χ1v) is 5.50. The number of rotatable bonds is 3. The van der Waals surface area contributed by atoms with Crippen molar-refractivity contribution in [3.8, 4) is 0 Å². The highest BCUT2D eigenvalue weighted by atomic mass is 19.2. The van der Waals surface area contributed by atoms with Gasteiger partial charge in [-0.15, -0.1) is 0 Å². The molecule has 0 aliphatic heterocycles. The van der Waals surface area contributed by atoms with Crippen LogP contribution in [-0.4, -0.2) is 5.78 Å². The standard InChI is InChI=1S/C14H12F2NO/c1-10-4-6-17(7-5-10)9-14(18)11-2-3-12(15)13(16)8-11/h2-8H,9H2,1H3/q+1. The quantitative estimate of drug-likeness (QED) is 0.603. The molecule has 0 bridgehead atoms. The monoisotopic (exact) mass is 248 g/mol. The largest absolute Gasteiger partial charge is 0.287 e. The number of nitrogens with zero attached hydrogens (tertiary/aromatic N) is 1. The lowest BCUT2D eigenvalue weighted by molar-refractivity contribution is -0.683. The first-order chi connectivity index (χ1) is 8.56. The van der Waals surface area contributed by atoms with Crippen LogP contribution in [-0.2, 0) is 6.54 Å². The maximum Gasteiger partial charge on any atom is 0.227 e. The van der Waals surface area contributed by atoms with E-state index in [0.717, 1.165) is 17.7 Å². The van der Waals surface area contributed by atoms with Gasteiger partial charge in [-0.2, -0.15) is 4.57 Å². The number of carbonyl (C=O) groups excluding carboxylic acids is 1. The molecule has 0 amide bonds. The van der Waals surface area contributed by atoms with Crippen molar-refractivity contribution in [2.75, 3.05) is 0 Å². The molecule has 1 aromatic carbocycles. The van der Waals surface area contributed by atoms with Gasteiger partial charge in [0.1, 0.15) is 0 Å². The topological polar surface area (TPSA) is 20.9 Å². The highest BCUT2D eigenvalue weighted by Crippen LogP contribution is 2.09. The fourth-order valence-electron chi connectivity index (χ4n) is 1.56. The number of pyridine rings is 1. The van der Waals surface area contributed by atoms with Crippen molar-refractivity contribution in [2.24, 2.45) is 0 Å². The Balaban J connectivity index is 2.16. The van der Waals surface area contributed by atoms with E-state index in [0.29, 0.717) is 0 Å². The zero-order valence-electron chi connectivity index (χ0n) is 9.86. The average molecular weight is 248 g/mol. The number of hydrogen-bond acceptors (Lipinski definition) is 1. The Morgan fingerprint density at radius 3 is 2.39 bits per heavy atom. The highest BCUT2D eigenvalue weighted by molar-refractivity contribution is 5.95. The number of carbonyl (C=O) groups is 1. The van der Waals surface area contributed by atoms with E-state index in [1.165, 1.54) is 6.07 Å². The first-order valence-electron chi connectivity index (χ1n) is 5.50. The van der Waals surface area contributed by atoms with Gasteiger partial charge in [-0.05, 0) is 30.7 Å². The predicted molar refractivity (Wildman–Crippen MR) is 62.1 cm³/mol. The maximum absolute atomic E-state index is 13.0. The summed E-state index contributed by atoms with van der Waals surface area (Å²) in [7, 11) is 0. The number of halogens is 2. The zero-order chi connectivity index (χ0) is 13.1. The van der Waals surface area contributed by atoms with E-state index in [1.54, 1.807) is 17.0 Å². The molecule has 1 aromatic heterocycles. The maximum atomic E-state index is 13.0. The Morgan fingerprint density at radius 1 is 1.11 bits per heavy atom. The minimum Gasteiger partial charge on any atom is -0.287 e. The van der Waals surface area contributed by atoms with E-state index in [1.807, 2.05) is 19.1 Å². The Hall–Kier alpha value is -2.10.